The van der Waals surface area contributed by atoms with E-state index in [1.54, 1.807) is 12.5 Å². The van der Waals surface area contributed by atoms with E-state index in [2.05, 4.69) is 13.8 Å². The summed E-state index contributed by atoms with van der Waals surface area (Å²) in [5.74, 6) is -0.135. The van der Waals surface area contributed by atoms with E-state index in [0.29, 0.717) is 11.5 Å². The van der Waals surface area contributed by atoms with Crippen LogP contribution in [0.4, 0.5) is 0 Å². The quantitative estimate of drug-likeness (QED) is 0.853. The van der Waals surface area contributed by atoms with E-state index in [4.69, 9.17) is 4.42 Å². The Hall–Kier alpha value is -1.55. The van der Waals surface area contributed by atoms with E-state index in [-0.39, 0.29) is 17.9 Å². The van der Waals surface area contributed by atoms with Gasteiger partial charge < -0.3 is 14.6 Å². The summed E-state index contributed by atoms with van der Waals surface area (Å²) in [7, 11) is 0. The summed E-state index contributed by atoms with van der Waals surface area (Å²) >= 11 is 0. The molecule has 2 aliphatic carbocycles. The summed E-state index contributed by atoms with van der Waals surface area (Å²) in [6.07, 6.45) is 10.8. The predicted molar refractivity (Wildman–Crippen MR) is 91.5 cm³/mol. The Morgan fingerprint density at radius 2 is 2.21 bits per heavy atom. The number of aliphatic carboxylic acids is 1. The van der Waals surface area contributed by atoms with Crippen LogP contribution >= 0.6 is 0 Å². The molecule has 3 rings (SSSR count). The van der Waals surface area contributed by atoms with E-state index >= 15 is 0 Å². The van der Waals surface area contributed by atoms with Crippen molar-refractivity contribution in [3.63, 3.8) is 0 Å². The Labute approximate surface area is 143 Å². The third-order valence-electron chi connectivity index (χ3n) is 7.00. The van der Waals surface area contributed by atoms with Crippen LogP contribution in [0.3, 0.4) is 0 Å². The molecule has 0 saturated heterocycles. The first-order chi connectivity index (χ1) is 11.4. The van der Waals surface area contributed by atoms with Crippen LogP contribution in [0.2, 0.25) is 0 Å². The summed E-state index contributed by atoms with van der Waals surface area (Å²) in [5.41, 5.74) is 1.07. The van der Waals surface area contributed by atoms with Crippen molar-refractivity contribution in [2.45, 2.75) is 52.4 Å². The maximum atomic E-state index is 11.8. The number of furan rings is 1. The van der Waals surface area contributed by atoms with Gasteiger partial charge in [-0.05, 0) is 67.4 Å². The summed E-state index contributed by atoms with van der Waals surface area (Å²) < 4.78 is 5.18. The van der Waals surface area contributed by atoms with Crippen LogP contribution in [-0.2, 0) is 11.2 Å². The van der Waals surface area contributed by atoms with Crippen LogP contribution in [0.5, 0.6) is 0 Å². The SMILES string of the molecule is C[C@@H]1CC[C@]2(CO)C(C(=O)O)=CCC[C@H]2[C@]1(C)CCc1ccoc1. The first-order valence-corrected chi connectivity index (χ1v) is 9.00. The highest BCUT2D eigenvalue weighted by Crippen LogP contribution is 2.61. The number of hydrogen-bond donors (Lipinski definition) is 2. The van der Waals surface area contributed by atoms with Gasteiger partial charge in [0, 0.05) is 11.0 Å². The molecule has 0 aliphatic heterocycles. The highest BCUT2D eigenvalue weighted by molar-refractivity contribution is 5.88. The molecular weight excluding hydrogens is 304 g/mol. The van der Waals surface area contributed by atoms with Gasteiger partial charge in [0.1, 0.15) is 0 Å². The molecular formula is C20H28O4. The number of allylic oxidation sites excluding steroid dienone is 1. The minimum atomic E-state index is -0.861. The molecule has 0 aromatic carbocycles. The van der Waals surface area contributed by atoms with Crippen molar-refractivity contribution in [1.29, 1.82) is 0 Å². The van der Waals surface area contributed by atoms with Gasteiger partial charge in [0.2, 0.25) is 0 Å². The lowest BCUT2D eigenvalue weighted by atomic mass is 9.46. The topological polar surface area (TPSA) is 70.7 Å². The number of carboxylic acids is 1. The average Bonchev–Trinajstić information content (AvgIpc) is 3.09. The Bertz CT molecular complexity index is 618. The van der Waals surface area contributed by atoms with Crippen molar-refractivity contribution in [3.8, 4) is 0 Å². The highest BCUT2D eigenvalue weighted by atomic mass is 16.4. The number of carbonyl (C=O) groups is 1. The second-order valence-electron chi connectivity index (χ2n) is 7.94. The Morgan fingerprint density at radius 1 is 1.42 bits per heavy atom. The largest absolute Gasteiger partial charge is 0.478 e. The molecule has 0 unspecified atom stereocenters. The monoisotopic (exact) mass is 332 g/mol. The van der Waals surface area contributed by atoms with Crippen molar-refractivity contribution in [3.05, 3.63) is 35.8 Å². The fraction of sp³-hybridized carbons (Fsp3) is 0.650. The molecule has 2 aliphatic rings. The number of aliphatic hydroxyl groups is 1. The zero-order chi connectivity index (χ0) is 17.4. The molecule has 24 heavy (non-hydrogen) atoms. The van der Waals surface area contributed by atoms with Gasteiger partial charge in [-0.25, -0.2) is 4.79 Å². The van der Waals surface area contributed by atoms with Crippen molar-refractivity contribution in [1.82, 2.24) is 0 Å². The van der Waals surface area contributed by atoms with Gasteiger partial charge in [0.25, 0.3) is 0 Å². The zero-order valence-electron chi connectivity index (χ0n) is 14.6. The maximum absolute atomic E-state index is 11.8. The van der Waals surface area contributed by atoms with Gasteiger partial charge in [-0.15, -0.1) is 0 Å². The van der Waals surface area contributed by atoms with Crippen LogP contribution in [0.1, 0.15) is 51.5 Å². The normalized spacial score (nSPS) is 36.0. The summed E-state index contributed by atoms with van der Waals surface area (Å²) in [6, 6.07) is 2.00. The molecule has 4 heteroatoms. The predicted octanol–water partition coefficient (Wildman–Crippen LogP) is 4.05. The standard InChI is InChI=1S/C20H28O4/c1-14-6-10-20(13-21)16(18(22)23)4-3-5-17(20)19(14,2)9-7-15-8-11-24-12-15/h4,8,11-12,14,17,21H,3,5-7,9-10,13H2,1-2H3,(H,22,23)/t14-,17+,19-,20+/m1/s1. The molecule has 132 valence electrons. The lowest BCUT2D eigenvalue weighted by Crippen LogP contribution is -2.54. The van der Waals surface area contributed by atoms with Crippen LogP contribution in [0, 0.1) is 22.7 Å². The molecule has 4 atom stereocenters. The van der Waals surface area contributed by atoms with Crippen molar-refractivity contribution >= 4 is 5.97 Å². The van der Waals surface area contributed by atoms with Gasteiger partial charge in [-0.1, -0.05) is 19.9 Å². The van der Waals surface area contributed by atoms with Gasteiger partial charge in [0.05, 0.1) is 19.1 Å². The molecule has 2 N–H and O–H groups in total. The van der Waals surface area contributed by atoms with E-state index in [1.807, 2.05) is 12.1 Å². The fourth-order valence-electron chi connectivity index (χ4n) is 5.32. The van der Waals surface area contributed by atoms with Gasteiger partial charge in [-0.3, -0.25) is 0 Å². The first kappa shape index (κ1) is 17.3. The molecule has 1 saturated carbocycles. The Morgan fingerprint density at radius 3 is 2.83 bits per heavy atom. The molecule has 0 bridgehead atoms. The molecule has 1 fully saturated rings. The molecule has 1 aromatic rings. The summed E-state index contributed by atoms with van der Waals surface area (Å²) in [4.78, 5) is 11.8. The van der Waals surface area contributed by atoms with Gasteiger partial charge in [0.15, 0.2) is 0 Å². The smallest absolute Gasteiger partial charge is 0.331 e. The van der Waals surface area contributed by atoms with Crippen molar-refractivity contribution in [2.75, 3.05) is 6.61 Å². The van der Waals surface area contributed by atoms with E-state index in [9.17, 15) is 15.0 Å². The minimum Gasteiger partial charge on any atom is -0.478 e. The second kappa shape index (κ2) is 6.40. The maximum Gasteiger partial charge on any atom is 0.331 e. The first-order valence-electron chi connectivity index (χ1n) is 9.00. The molecule has 1 aromatic heterocycles. The Kier molecular flexibility index (Phi) is 4.60. The lowest BCUT2D eigenvalue weighted by molar-refractivity contribution is -0.139. The average molecular weight is 332 g/mol. The zero-order valence-corrected chi connectivity index (χ0v) is 14.6. The lowest BCUT2D eigenvalue weighted by Gasteiger charge is -2.58. The van der Waals surface area contributed by atoms with E-state index in [0.717, 1.165) is 38.5 Å². The van der Waals surface area contributed by atoms with Gasteiger partial charge in [-0.2, -0.15) is 0 Å². The molecule has 4 nitrogen and oxygen atoms in total. The Balaban J connectivity index is 1.93. The van der Waals surface area contributed by atoms with Crippen LogP contribution in [0.25, 0.3) is 0 Å². The van der Waals surface area contributed by atoms with E-state index in [1.165, 1.54) is 5.56 Å². The fourth-order valence-corrected chi connectivity index (χ4v) is 5.32. The summed E-state index contributed by atoms with van der Waals surface area (Å²) in [6.45, 7) is 4.52. The molecule has 0 spiro atoms. The third-order valence-corrected chi connectivity index (χ3v) is 7.00. The van der Waals surface area contributed by atoms with Gasteiger partial charge >= 0.3 is 5.97 Å². The van der Waals surface area contributed by atoms with Crippen molar-refractivity contribution in [2.24, 2.45) is 22.7 Å². The second-order valence-corrected chi connectivity index (χ2v) is 7.94. The number of aliphatic hydroxyl groups excluding tert-OH is 1. The van der Waals surface area contributed by atoms with Crippen molar-refractivity contribution < 1.29 is 19.4 Å². The number of hydrogen-bond acceptors (Lipinski definition) is 3. The van der Waals surface area contributed by atoms with Crippen LogP contribution < -0.4 is 0 Å². The highest BCUT2D eigenvalue weighted by Gasteiger charge is 2.57. The third kappa shape index (κ3) is 2.61. The van der Waals surface area contributed by atoms with Crippen LogP contribution in [0.15, 0.2) is 34.7 Å². The number of aryl methyl sites for hydroxylation is 1. The minimum absolute atomic E-state index is 0.0210. The molecule has 0 radical (unpaired) electrons. The molecule has 0 amide bonds. The van der Waals surface area contributed by atoms with E-state index < -0.39 is 11.4 Å². The number of fused-ring (bicyclic) bond motifs is 1. The summed E-state index contributed by atoms with van der Waals surface area (Å²) in [5, 5.41) is 19.9. The number of rotatable bonds is 5. The van der Waals surface area contributed by atoms with Crippen LogP contribution in [-0.4, -0.2) is 22.8 Å². The molecule has 1 heterocycles. The number of carboxylic acid groups (broad SMARTS) is 1.